The number of carboxylic acids is 1. The largest absolute Gasteiger partial charge is 0.478 e. The fourth-order valence-corrected chi connectivity index (χ4v) is 1.99. The highest BCUT2D eigenvalue weighted by Gasteiger charge is 2.10. The van der Waals surface area contributed by atoms with Crippen LogP contribution in [0.5, 0.6) is 0 Å². The number of aromatic nitrogens is 1. The highest BCUT2D eigenvalue weighted by atomic mass is 16.4. The summed E-state index contributed by atoms with van der Waals surface area (Å²) in [6.45, 7) is 0. The maximum Gasteiger partial charge on any atom is 0.335 e. The van der Waals surface area contributed by atoms with E-state index in [1.54, 1.807) is 6.07 Å². The van der Waals surface area contributed by atoms with Gasteiger partial charge < -0.3 is 15.3 Å². The third kappa shape index (κ3) is 2.33. The number of nitrogens with zero attached hydrogens (tertiary/aromatic N) is 1. The lowest BCUT2D eigenvalue weighted by atomic mass is 10.1. The number of oxazole rings is 1. The molecule has 5 heteroatoms. The van der Waals surface area contributed by atoms with Crippen LogP contribution in [0.4, 0.5) is 5.69 Å². The van der Waals surface area contributed by atoms with Gasteiger partial charge in [-0.2, -0.15) is 0 Å². The Morgan fingerprint density at radius 1 is 1.20 bits per heavy atom. The van der Waals surface area contributed by atoms with Gasteiger partial charge in [-0.05, 0) is 35.9 Å². The number of carboxylic acid groups (broad SMARTS) is 1. The Labute approximate surface area is 114 Å². The van der Waals surface area contributed by atoms with E-state index in [9.17, 15) is 4.79 Å². The number of carbonyl (C=O) groups is 1. The number of nitrogens with two attached hydrogens (primary N) is 1. The fraction of sp³-hybridized carbons (Fsp3) is 0.0667. The fourth-order valence-electron chi connectivity index (χ4n) is 1.99. The summed E-state index contributed by atoms with van der Waals surface area (Å²) in [5.74, 6) is -0.435. The molecule has 20 heavy (non-hydrogen) atoms. The average Bonchev–Trinajstić information content (AvgIpc) is 2.82. The molecule has 0 fully saturated rings. The standard InChI is InChI=1S/C15H12N2O3/c16-11-4-1-9(2-5-11)7-14-17-12-6-3-10(15(18)19)8-13(12)20-14/h1-6,8H,7,16H2,(H,18,19). The van der Waals surface area contributed by atoms with Gasteiger partial charge in [0.2, 0.25) is 0 Å². The predicted molar refractivity (Wildman–Crippen MR) is 74.6 cm³/mol. The lowest BCUT2D eigenvalue weighted by Gasteiger charge is -1.97. The molecule has 0 saturated carbocycles. The minimum Gasteiger partial charge on any atom is -0.478 e. The number of anilines is 1. The Hall–Kier alpha value is -2.82. The highest BCUT2D eigenvalue weighted by molar-refractivity contribution is 5.91. The van der Waals surface area contributed by atoms with Crippen LogP contribution in [-0.4, -0.2) is 16.1 Å². The Kier molecular flexibility index (Phi) is 2.87. The zero-order chi connectivity index (χ0) is 14.1. The molecule has 0 atom stereocenters. The molecule has 1 heterocycles. The van der Waals surface area contributed by atoms with Gasteiger partial charge >= 0.3 is 5.97 Å². The molecule has 0 amide bonds. The SMILES string of the molecule is Nc1ccc(Cc2nc3ccc(C(=O)O)cc3o2)cc1. The van der Waals surface area contributed by atoms with E-state index >= 15 is 0 Å². The van der Waals surface area contributed by atoms with Crippen molar-refractivity contribution in [1.82, 2.24) is 4.98 Å². The van der Waals surface area contributed by atoms with Gasteiger partial charge in [0.25, 0.3) is 0 Å². The number of rotatable bonds is 3. The first-order chi connectivity index (χ1) is 9.61. The molecule has 5 nitrogen and oxygen atoms in total. The summed E-state index contributed by atoms with van der Waals surface area (Å²) >= 11 is 0. The van der Waals surface area contributed by atoms with Crippen LogP contribution in [0.1, 0.15) is 21.8 Å². The third-order valence-corrected chi connectivity index (χ3v) is 3.01. The molecule has 0 saturated heterocycles. The molecular formula is C15H12N2O3. The minimum absolute atomic E-state index is 0.188. The molecule has 3 rings (SSSR count). The van der Waals surface area contributed by atoms with Gasteiger partial charge in [-0.25, -0.2) is 9.78 Å². The second-order valence-corrected chi connectivity index (χ2v) is 4.51. The van der Waals surface area contributed by atoms with E-state index in [2.05, 4.69) is 4.98 Å². The van der Waals surface area contributed by atoms with E-state index in [-0.39, 0.29) is 5.56 Å². The van der Waals surface area contributed by atoms with E-state index in [0.717, 1.165) is 5.56 Å². The Morgan fingerprint density at radius 2 is 1.95 bits per heavy atom. The molecule has 100 valence electrons. The van der Waals surface area contributed by atoms with Crippen molar-refractivity contribution in [3.63, 3.8) is 0 Å². The number of benzene rings is 2. The second kappa shape index (κ2) is 4.70. The molecule has 0 aliphatic rings. The monoisotopic (exact) mass is 268 g/mol. The molecule has 3 aromatic rings. The van der Waals surface area contributed by atoms with Gasteiger partial charge in [0.1, 0.15) is 5.52 Å². The first kappa shape index (κ1) is 12.2. The van der Waals surface area contributed by atoms with Crippen LogP contribution in [0.2, 0.25) is 0 Å². The summed E-state index contributed by atoms with van der Waals surface area (Å²) in [6.07, 6.45) is 0.539. The van der Waals surface area contributed by atoms with Gasteiger partial charge in [-0.15, -0.1) is 0 Å². The second-order valence-electron chi connectivity index (χ2n) is 4.51. The molecule has 1 aromatic heterocycles. The zero-order valence-electron chi connectivity index (χ0n) is 10.5. The Balaban J connectivity index is 1.92. The predicted octanol–water partition coefficient (Wildman–Crippen LogP) is 2.70. The van der Waals surface area contributed by atoms with Crippen LogP contribution in [0.15, 0.2) is 46.9 Å². The molecule has 2 aromatic carbocycles. The average molecular weight is 268 g/mol. The van der Waals surface area contributed by atoms with Crippen molar-refractivity contribution >= 4 is 22.8 Å². The number of fused-ring (bicyclic) bond motifs is 1. The first-order valence-electron chi connectivity index (χ1n) is 6.09. The van der Waals surface area contributed by atoms with Crippen LogP contribution >= 0.6 is 0 Å². The number of hydrogen-bond donors (Lipinski definition) is 2. The first-order valence-corrected chi connectivity index (χ1v) is 6.09. The van der Waals surface area contributed by atoms with E-state index in [4.69, 9.17) is 15.3 Å². The van der Waals surface area contributed by atoms with Crippen LogP contribution < -0.4 is 5.73 Å². The van der Waals surface area contributed by atoms with Crippen molar-refractivity contribution in [3.05, 3.63) is 59.5 Å². The molecular weight excluding hydrogens is 256 g/mol. The molecule has 0 radical (unpaired) electrons. The van der Waals surface area contributed by atoms with E-state index in [1.807, 2.05) is 24.3 Å². The minimum atomic E-state index is -0.983. The maximum absolute atomic E-state index is 10.9. The summed E-state index contributed by atoms with van der Waals surface area (Å²) in [6, 6.07) is 12.1. The summed E-state index contributed by atoms with van der Waals surface area (Å²) in [5.41, 5.74) is 8.69. The third-order valence-electron chi connectivity index (χ3n) is 3.01. The van der Waals surface area contributed by atoms with Gasteiger partial charge in [0, 0.05) is 12.1 Å². The molecule has 3 N–H and O–H groups in total. The Morgan fingerprint density at radius 3 is 2.65 bits per heavy atom. The van der Waals surface area contributed by atoms with Gasteiger partial charge in [-0.1, -0.05) is 12.1 Å². The smallest absolute Gasteiger partial charge is 0.335 e. The molecule has 0 aliphatic heterocycles. The lowest BCUT2D eigenvalue weighted by molar-refractivity contribution is 0.0697. The van der Waals surface area contributed by atoms with Crippen LogP contribution in [0.25, 0.3) is 11.1 Å². The van der Waals surface area contributed by atoms with Gasteiger partial charge in [0.05, 0.1) is 5.56 Å². The zero-order valence-corrected chi connectivity index (χ0v) is 10.5. The van der Waals surface area contributed by atoms with Crippen LogP contribution in [0, 0.1) is 0 Å². The normalized spacial score (nSPS) is 10.8. The Bertz CT molecular complexity index is 775. The highest BCUT2D eigenvalue weighted by Crippen LogP contribution is 2.19. The number of aromatic carboxylic acids is 1. The summed E-state index contributed by atoms with van der Waals surface area (Å²) in [4.78, 5) is 15.2. The van der Waals surface area contributed by atoms with Crippen LogP contribution in [-0.2, 0) is 6.42 Å². The van der Waals surface area contributed by atoms with Crippen molar-refractivity contribution in [2.45, 2.75) is 6.42 Å². The summed E-state index contributed by atoms with van der Waals surface area (Å²) in [7, 11) is 0. The maximum atomic E-state index is 10.9. The van der Waals surface area contributed by atoms with Crippen molar-refractivity contribution in [2.75, 3.05) is 5.73 Å². The van der Waals surface area contributed by atoms with Crippen molar-refractivity contribution in [1.29, 1.82) is 0 Å². The van der Waals surface area contributed by atoms with E-state index in [0.29, 0.717) is 29.1 Å². The van der Waals surface area contributed by atoms with Gasteiger partial charge in [0.15, 0.2) is 11.5 Å². The van der Waals surface area contributed by atoms with E-state index in [1.165, 1.54) is 12.1 Å². The molecule has 0 unspecified atom stereocenters. The molecule has 0 bridgehead atoms. The van der Waals surface area contributed by atoms with Crippen LogP contribution in [0.3, 0.4) is 0 Å². The lowest BCUT2D eigenvalue weighted by Crippen LogP contribution is -1.94. The van der Waals surface area contributed by atoms with Gasteiger partial charge in [-0.3, -0.25) is 0 Å². The van der Waals surface area contributed by atoms with E-state index < -0.39 is 5.97 Å². The number of nitrogen functional groups attached to an aromatic ring is 1. The van der Waals surface area contributed by atoms with Crippen molar-refractivity contribution in [2.24, 2.45) is 0 Å². The summed E-state index contributed by atoms with van der Waals surface area (Å²) in [5, 5.41) is 8.94. The quantitative estimate of drug-likeness (QED) is 0.713. The topological polar surface area (TPSA) is 89.3 Å². The molecule has 0 aliphatic carbocycles. The number of hydrogen-bond acceptors (Lipinski definition) is 4. The van der Waals surface area contributed by atoms with Crippen molar-refractivity contribution in [3.8, 4) is 0 Å². The summed E-state index contributed by atoms with van der Waals surface area (Å²) < 4.78 is 5.59. The van der Waals surface area contributed by atoms with Crippen molar-refractivity contribution < 1.29 is 14.3 Å². The molecule has 0 spiro atoms.